The number of nitrogens with zero attached hydrogens (tertiary/aromatic N) is 2. The lowest BCUT2D eigenvalue weighted by molar-refractivity contribution is -0.141. The Morgan fingerprint density at radius 2 is 1.76 bits per heavy atom. The lowest BCUT2D eigenvalue weighted by Gasteiger charge is -2.37. The van der Waals surface area contributed by atoms with Gasteiger partial charge < -0.3 is 14.9 Å². The van der Waals surface area contributed by atoms with E-state index in [9.17, 15) is 9.59 Å². The summed E-state index contributed by atoms with van der Waals surface area (Å²) >= 11 is 0. The van der Waals surface area contributed by atoms with Crippen molar-refractivity contribution in [2.75, 3.05) is 13.1 Å². The Balaban J connectivity index is 2.05. The maximum atomic E-state index is 12.3. The number of carbonyl (C=O) groups excluding carboxylic acids is 1. The Bertz CT molecular complexity index is 319. The minimum Gasteiger partial charge on any atom is -0.480 e. The zero-order valence-corrected chi connectivity index (χ0v) is 10.3. The normalized spacial score (nSPS) is 29.5. The summed E-state index contributed by atoms with van der Waals surface area (Å²) < 4.78 is 0. The highest BCUT2D eigenvalue weighted by molar-refractivity contribution is 5.83. The van der Waals surface area contributed by atoms with Gasteiger partial charge in [-0.15, -0.1) is 0 Å². The summed E-state index contributed by atoms with van der Waals surface area (Å²) in [6.07, 6.45) is 4.60. The summed E-state index contributed by atoms with van der Waals surface area (Å²) in [7, 11) is 0. The van der Waals surface area contributed by atoms with Gasteiger partial charge in [0, 0.05) is 19.1 Å². The van der Waals surface area contributed by atoms with Gasteiger partial charge in [-0.2, -0.15) is 0 Å². The number of carbonyl (C=O) groups is 2. The molecule has 0 radical (unpaired) electrons. The molecule has 2 aliphatic rings. The number of carboxylic acid groups (broad SMARTS) is 1. The van der Waals surface area contributed by atoms with Crippen LogP contribution in [0.1, 0.15) is 39.0 Å². The molecule has 2 atom stereocenters. The molecule has 0 bridgehead atoms. The smallest absolute Gasteiger partial charge is 0.326 e. The van der Waals surface area contributed by atoms with Crippen LogP contribution in [-0.4, -0.2) is 52.1 Å². The van der Waals surface area contributed by atoms with Crippen LogP contribution in [0.5, 0.6) is 0 Å². The van der Waals surface area contributed by atoms with E-state index in [1.54, 1.807) is 0 Å². The van der Waals surface area contributed by atoms with Crippen molar-refractivity contribution in [1.82, 2.24) is 9.80 Å². The number of urea groups is 1. The van der Waals surface area contributed by atoms with Crippen molar-refractivity contribution in [2.45, 2.75) is 51.1 Å². The zero-order chi connectivity index (χ0) is 12.4. The highest BCUT2D eigenvalue weighted by Crippen LogP contribution is 2.23. The van der Waals surface area contributed by atoms with E-state index in [0.29, 0.717) is 13.0 Å². The van der Waals surface area contributed by atoms with Crippen LogP contribution in [0.25, 0.3) is 0 Å². The van der Waals surface area contributed by atoms with Gasteiger partial charge >= 0.3 is 12.0 Å². The Labute approximate surface area is 101 Å². The molecule has 2 aliphatic heterocycles. The predicted octanol–water partition coefficient (Wildman–Crippen LogP) is 1.53. The minimum absolute atomic E-state index is 0.0814. The lowest BCUT2D eigenvalue weighted by atomic mass is 10.0. The molecular formula is C12H20N2O3. The Morgan fingerprint density at radius 3 is 2.41 bits per heavy atom. The molecule has 0 aromatic rings. The summed E-state index contributed by atoms with van der Waals surface area (Å²) in [4.78, 5) is 26.8. The second-order valence-electron chi connectivity index (χ2n) is 5.01. The summed E-state index contributed by atoms with van der Waals surface area (Å²) in [5.74, 6) is -0.875. The van der Waals surface area contributed by atoms with Crippen LogP contribution in [0.15, 0.2) is 0 Å². The highest BCUT2D eigenvalue weighted by Gasteiger charge is 2.37. The van der Waals surface area contributed by atoms with Crippen molar-refractivity contribution in [3.63, 3.8) is 0 Å². The summed E-state index contributed by atoms with van der Waals surface area (Å²) in [6, 6.07) is -0.454. The molecule has 96 valence electrons. The van der Waals surface area contributed by atoms with Crippen molar-refractivity contribution >= 4 is 12.0 Å². The van der Waals surface area contributed by atoms with Gasteiger partial charge in [0.05, 0.1) is 0 Å². The maximum absolute atomic E-state index is 12.3. The van der Waals surface area contributed by atoms with Crippen LogP contribution >= 0.6 is 0 Å². The van der Waals surface area contributed by atoms with Crippen LogP contribution in [0, 0.1) is 0 Å². The van der Waals surface area contributed by atoms with Crippen molar-refractivity contribution in [1.29, 1.82) is 0 Å². The molecule has 2 rings (SSSR count). The van der Waals surface area contributed by atoms with Crippen LogP contribution in [0.3, 0.4) is 0 Å². The number of likely N-dealkylation sites (tertiary alicyclic amines) is 2. The van der Waals surface area contributed by atoms with E-state index >= 15 is 0 Å². The number of amides is 2. The van der Waals surface area contributed by atoms with Crippen LogP contribution in [0.2, 0.25) is 0 Å². The maximum Gasteiger partial charge on any atom is 0.326 e. The minimum atomic E-state index is -0.875. The molecule has 2 saturated heterocycles. The molecule has 1 N–H and O–H groups in total. The van der Waals surface area contributed by atoms with E-state index in [1.165, 1.54) is 4.90 Å². The quantitative estimate of drug-likeness (QED) is 0.756. The molecule has 2 unspecified atom stereocenters. The number of rotatable bonds is 1. The topological polar surface area (TPSA) is 60.9 Å². The van der Waals surface area contributed by atoms with Crippen molar-refractivity contribution < 1.29 is 14.7 Å². The number of carboxylic acids is 1. The molecule has 5 nitrogen and oxygen atoms in total. The molecule has 0 spiro atoms. The molecule has 0 aromatic carbocycles. The van der Waals surface area contributed by atoms with Crippen molar-refractivity contribution in [3.8, 4) is 0 Å². The van der Waals surface area contributed by atoms with Crippen molar-refractivity contribution in [3.05, 3.63) is 0 Å². The molecular weight excluding hydrogens is 220 g/mol. The number of aliphatic carboxylic acids is 1. The van der Waals surface area contributed by atoms with E-state index in [0.717, 1.165) is 32.2 Å². The second kappa shape index (κ2) is 4.94. The first-order chi connectivity index (χ1) is 8.11. The average Bonchev–Trinajstić information content (AvgIpc) is 2.77. The third-order valence-corrected chi connectivity index (χ3v) is 3.83. The molecule has 5 heteroatoms. The highest BCUT2D eigenvalue weighted by atomic mass is 16.4. The summed E-state index contributed by atoms with van der Waals surface area (Å²) in [5.41, 5.74) is 0. The average molecular weight is 240 g/mol. The third-order valence-electron chi connectivity index (χ3n) is 3.83. The predicted molar refractivity (Wildman–Crippen MR) is 62.8 cm³/mol. The molecule has 0 aliphatic carbocycles. The number of hydrogen-bond acceptors (Lipinski definition) is 2. The van der Waals surface area contributed by atoms with Crippen molar-refractivity contribution in [2.24, 2.45) is 0 Å². The SMILES string of the molecule is CC1CCCCN1C(=O)N1CCCC1C(=O)O. The fourth-order valence-electron chi connectivity index (χ4n) is 2.80. The van der Waals surface area contributed by atoms with E-state index < -0.39 is 12.0 Å². The molecule has 0 aromatic heterocycles. The van der Waals surface area contributed by atoms with E-state index in [1.807, 2.05) is 11.8 Å². The first kappa shape index (κ1) is 12.2. The van der Waals surface area contributed by atoms with Gasteiger partial charge in [-0.1, -0.05) is 0 Å². The van der Waals surface area contributed by atoms with E-state index in [-0.39, 0.29) is 12.1 Å². The zero-order valence-electron chi connectivity index (χ0n) is 10.3. The summed E-state index contributed by atoms with van der Waals surface area (Å²) in [6.45, 7) is 3.39. The fourth-order valence-corrected chi connectivity index (χ4v) is 2.80. The van der Waals surface area contributed by atoms with Gasteiger partial charge in [-0.05, 0) is 39.0 Å². The molecule has 2 amide bonds. The largest absolute Gasteiger partial charge is 0.480 e. The standard InChI is InChI=1S/C12H20N2O3/c1-9-5-2-3-7-13(9)12(17)14-8-4-6-10(14)11(15)16/h9-10H,2-8H2,1H3,(H,15,16). The lowest BCUT2D eigenvalue weighted by Crippen LogP contribution is -2.52. The van der Waals surface area contributed by atoms with Gasteiger partial charge in [0.15, 0.2) is 0 Å². The molecule has 2 fully saturated rings. The molecule has 2 heterocycles. The first-order valence-corrected chi connectivity index (χ1v) is 6.41. The first-order valence-electron chi connectivity index (χ1n) is 6.41. The van der Waals surface area contributed by atoms with Gasteiger partial charge in [0.2, 0.25) is 0 Å². The van der Waals surface area contributed by atoms with E-state index in [2.05, 4.69) is 0 Å². The van der Waals surface area contributed by atoms with Crippen LogP contribution in [-0.2, 0) is 4.79 Å². The molecule has 17 heavy (non-hydrogen) atoms. The van der Waals surface area contributed by atoms with Gasteiger partial charge in [0.25, 0.3) is 0 Å². The Morgan fingerprint density at radius 1 is 1.06 bits per heavy atom. The second-order valence-corrected chi connectivity index (χ2v) is 5.01. The Kier molecular flexibility index (Phi) is 3.54. The number of hydrogen-bond donors (Lipinski definition) is 1. The van der Waals surface area contributed by atoms with Gasteiger partial charge in [-0.3, -0.25) is 0 Å². The van der Waals surface area contributed by atoms with Crippen LogP contribution in [0.4, 0.5) is 4.79 Å². The van der Waals surface area contributed by atoms with E-state index in [4.69, 9.17) is 5.11 Å². The number of piperidine rings is 1. The fraction of sp³-hybridized carbons (Fsp3) is 0.833. The third kappa shape index (κ3) is 2.37. The summed E-state index contributed by atoms with van der Waals surface area (Å²) in [5, 5.41) is 9.08. The van der Waals surface area contributed by atoms with Gasteiger partial charge in [0.1, 0.15) is 6.04 Å². The monoisotopic (exact) mass is 240 g/mol. The van der Waals surface area contributed by atoms with Gasteiger partial charge in [-0.25, -0.2) is 9.59 Å². The van der Waals surface area contributed by atoms with Crippen LogP contribution < -0.4 is 0 Å². The molecule has 0 saturated carbocycles. The Hall–Kier alpha value is -1.26.